The van der Waals surface area contributed by atoms with Gasteiger partial charge in [-0.3, -0.25) is 4.57 Å². The molecule has 0 fully saturated rings. The van der Waals surface area contributed by atoms with Crippen molar-refractivity contribution in [2.75, 3.05) is 47.4 Å². The maximum atomic E-state index is 8.77. The van der Waals surface area contributed by atoms with Crippen LogP contribution in [0.3, 0.4) is 0 Å². The first kappa shape index (κ1) is 23.1. The maximum absolute atomic E-state index is 8.77. The summed E-state index contributed by atoms with van der Waals surface area (Å²) in [7, 11) is 1.27. The minimum absolute atomic E-state index is 0.281. The summed E-state index contributed by atoms with van der Waals surface area (Å²) in [5, 5.41) is 8.39. The largest absolute Gasteiger partial charge is 0.756 e. The molecule has 9 heteroatoms. The third kappa shape index (κ3) is 73.8. The highest BCUT2D eigenvalue weighted by Gasteiger charge is 2.02. The van der Waals surface area contributed by atoms with Crippen LogP contribution in [0.4, 0.5) is 0 Å². The summed E-state index contributed by atoms with van der Waals surface area (Å²) in [6.07, 6.45) is 2.13. The summed E-state index contributed by atoms with van der Waals surface area (Å²) in [5.74, 6) is 0. The average Bonchev–Trinajstić information content (AvgIpc) is 2.11. The number of aliphatic hydroxyl groups is 1. The molecule has 0 rings (SSSR count). The van der Waals surface area contributed by atoms with E-state index >= 15 is 0 Å². The summed E-state index contributed by atoms with van der Waals surface area (Å²) >= 11 is 0. The van der Waals surface area contributed by atoms with Gasteiger partial charge in [-0.25, -0.2) is 0 Å². The lowest BCUT2D eigenvalue weighted by Crippen LogP contribution is -2.36. The van der Waals surface area contributed by atoms with Crippen molar-refractivity contribution >= 4 is 7.82 Å². The Morgan fingerprint density at radius 1 is 1.11 bits per heavy atom. The SMILES string of the molecule is C[N+](C)(C)CCO.NCCCCN.O=P([O-])(O)O. The van der Waals surface area contributed by atoms with Gasteiger partial charge in [0.05, 0.1) is 27.7 Å². The number of rotatable bonds is 5. The second kappa shape index (κ2) is 13.4. The van der Waals surface area contributed by atoms with E-state index in [2.05, 4.69) is 21.1 Å². The highest BCUT2D eigenvalue weighted by molar-refractivity contribution is 7.43. The third-order valence-corrected chi connectivity index (χ3v) is 1.43. The molecule has 0 aliphatic heterocycles. The predicted molar refractivity (Wildman–Crippen MR) is 69.4 cm³/mol. The highest BCUT2D eigenvalue weighted by atomic mass is 31.2. The van der Waals surface area contributed by atoms with Crippen molar-refractivity contribution in [1.29, 1.82) is 0 Å². The van der Waals surface area contributed by atoms with E-state index in [1.54, 1.807) is 0 Å². The minimum atomic E-state index is -4.89. The van der Waals surface area contributed by atoms with Gasteiger partial charge < -0.3 is 35.7 Å². The number of nitrogens with zero attached hydrogens (tertiary/aromatic N) is 1. The number of hydrogen-bond acceptors (Lipinski definition) is 5. The zero-order valence-corrected chi connectivity index (χ0v) is 12.3. The van der Waals surface area contributed by atoms with Crippen molar-refractivity contribution < 1.29 is 28.8 Å². The number of quaternary nitrogens is 1. The van der Waals surface area contributed by atoms with E-state index in [4.69, 9.17) is 35.8 Å². The molecular weight excluding hydrogens is 261 g/mol. The molecule has 7 N–H and O–H groups in total. The molecule has 114 valence electrons. The minimum Gasteiger partial charge on any atom is -0.756 e. The van der Waals surface area contributed by atoms with Crippen LogP contribution in [-0.2, 0) is 4.57 Å². The molecule has 0 radical (unpaired) electrons. The molecule has 0 bridgehead atoms. The smallest absolute Gasteiger partial charge is 0.262 e. The molecule has 0 saturated carbocycles. The van der Waals surface area contributed by atoms with E-state index in [-0.39, 0.29) is 6.61 Å². The molecule has 0 aromatic carbocycles. The first-order valence-corrected chi connectivity index (χ1v) is 7.09. The Morgan fingerprint density at radius 3 is 1.44 bits per heavy atom. The molecule has 18 heavy (non-hydrogen) atoms. The van der Waals surface area contributed by atoms with Crippen molar-refractivity contribution in [2.45, 2.75) is 12.8 Å². The zero-order valence-electron chi connectivity index (χ0n) is 11.4. The van der Waals surface area contributed by atoms with Crippen molar-refractivity contribution in [1.82, 2.24) is 0 Å². The Labute approximate surface area is 109 Å². The predicted octanol–water partition coefficient (Wildman–Crippen LogP) is -2.19. The number of nitrogens with two attached hydrogens (primary N) is 2. The van der Waals surface area contributed by atoms with E-state index in [1.165, 1.54) is 0 Å². The Bertz CT molecular complexity index is 193. The lowest BCUT2D eigenvalue weighted by Gasteiger charge is -2.21. The van der Waals surface area contributed by atoms with Crippen molar-refractivity contribution in [3.05, 3.63) is 0 Å². The molecule has 0 heterocycles. The maximum Gasteiger partial charge on any atom is 0.262 e. The van der Waals surface area contributed by atoms with Crippen LogP contribution in [0.15, 0.2) is 0 Å². The molecule has 0 unspecified atom stereocenters. The summed E-state index contributed by atoms with van der Waals surface area (Å²) in [5.41, 5.74) is 10.3. The molecule has 0 aliphatic rings. The molecule has 0 atom stereocenters. The standard InChI is InChI=1S/C5H14NO.C4H12N2.H3O4P/c1-6(2,3)4-5-7;5-3-1-2-4-6;1-5(2,3)4/h7H,4-5H2,1-3H3;1-6H2;(H3,1,2,3,4)/q+1;;/p-1. The van der Waals surface area contributed by atoms with Gasteiger partial charge in [-0.05, 0) is 25.9 Å². The second-order valence-electron chi connectivity index (χ2n) is 4.51. The number of unbranched alkanes of at least 4 members (excludes halogenated alkanes) is 1. The van der Waals surface area contributed by atoms with E-state index < -0.39 is 7.82 Å². The van der Waals surface area contributed by atoms with Gasteiger partial charge in [-0.2, -0.15) is 0 Å². The Balaban J connectivity index is -0.000000190. The van der Waals surface area contributed by atoms with Crippen LogP contribution in [0.1, 0.15) is 12.8 Å². The van der Waals surface area contributed by atoms with E-state index in [9.17, 15) is 0 Å². The van der Waals surface area contributed by atoms with Gasteiger partial charge in [0.15, 0.2) is 0 Å². The average molecular weight is 289 g/mol. The Hall–Kier alpha value is -0.0500. The molecular formula is C9H28N3O5P. The van der Waals surface area contributed by atoms with Gasteiger partial charge in [0.1, 0.15) is 6.54 Å². The lowest BCUT2D eigenvalue weighted by atomic mass is 10.3. The van der Waals surface area contributed by atoms with Crippen LogP contribution in [0.5, 0.6) is 0 Å². The van der Waals surface area contributed by atoms with Crippen LogP contribution < -0.4 is 16.4 Å². The Kier molecular flexibility index (Phi) is 17.2. The van der Waals surface area contributed by atoms with Crippen LogP contribution in [-0.4, -0.2) is 66.8 Å². The third-order valence-electron chi connectivity index (χ3n) is 1.43. The number of aliphatic hydroxyl groups excluding tert-OH is 1. The molecule has 0 amide bonds. The molecule has 0 saturated heterocycles. The van der Waals surface area contributed by atoms with Crippen molar-refractivity contribution in [2.24, 2.45) is 11.5 Å². The second-order valence-corrected chi connectivity index (χ2v) is 5.49. The summed E-state index contributed by atoms with van der Waals surface area (Å²) in [4.78, 5) is 22.9. The quantitative estimate of drug-likeness (QED) is 0.219. The first-order chi connectivity index (χ1) is 7.97. The van der Waals surface area contributed by atoms with Gasteiger partial charge in [0.2, 0.25) is 0 Å². The van der Waals surface area contributed by atoms with Crippen LogP contribution >= 0.6 is 7.82 Å². The summed E-state index contributed by atoms with van der Waals surface area (Å²) in [6, 6.07) is 0. The molecule has 0 aromatic heterocycles. The van der Waals surface area contributed by atoms with Gasteiger partial charge in [-0.1, -0.05) is 0 Å². The lowest BCUT2D eigenvalue weighted by molar-refractivity contribution is -0.870. The highest BCUT2D eigenvalue weighted by Crippen LogP contribution is 2.18. The van der Waals surface area contributed by atoms with Crippen molar-refractivity contribution in [3.8, 4) is 0 Å². The molecule has 0 spiro atoms. The fourth-order valence-electron chi connectivity index (χ4n) is 0.589. The van der Waals surface area contributed by atoms with Crippen molar-refractivity contribution in [3.63, 3.8) is 0 Å². The van der Waals surface area contributed by atoms with E-state index in [1.807, 2.05) is 0 Å². The van der Waals surface area contributed by atoms with Crippen LogP contribution in [0, 0.1) is 0 Å². The van der Waals surface area contributed by atoms with Gasteiger partial charge >= 0.3 is 0 Å². The number of likely N-dealkylation sites (N-methyl/N-ethyl adjacent to an activating group) is 1. The normalized spacial score (nSPS) is 10.9. The van der Waals surface area contributed by atoms with Crippen LogP contribution in [0.2, 0.25) is 0 Å². The number of hydrogen-bond donors (Lipinski definition) is 5. The van der Waals surface area contributed by atoms with E-state index in [0.717, 1.165) is 37.0 Å². The molecule has 0 aliphatic carbocycles. The first-order valence-electron chi connectivity index (χ1n) is 5.56. The molecule has 0 aromatic rings. The monoisotopic (exact) mass is 289 g/mol. The van der Waals surface area contributed by atoms with E-state index in [0.29, 0.717) is 0 Å². The van der Waals surface area contributed by atoms with Gasteiger partial charge in [-0.15, -0.1) is 0 Å². The Morgan fingerprint density at radius 2 is 1.39 bits per heavy atom. The summed E-state index contributed by atoms with van der Waals surface area (Å²) < 4.78 is 9.61. The zero-order chi connectivity index (χ0) is 15.2. The fourth-order valence-corrected chi connectivity index (χ4v) is 0.589. The van der Waals surface area contributed by atoms with Gasteiger partial charge in [0, 0.05) is 0 Å². The fraction of sp³-hybridized carbons (Fsp3) is 1.00. The number of phosphoric acid groups is 1. The van der Waals surface area contributed by atoms with Gasteiger partial charge in [0.25, 0.3) is 7.82 Å². The summed E-state index contributed by atoms with van der Waals surface area (Å²) in [6.45, 7) is 2.66. The van der Waals surface area contributed by atoms with Crippen LogP contribution in [0.25, 0.3) is 0 Å². The topological polar surface area (TPSA) is 153 Å². The molecule has 8 nitrogen and oxygen atoms in total.